The van der Waals surface area contributed by atoms with Gasteiger partial charge in [0.25, 0.3) is 5.91 Å². The van der Waals surface area contributed by atoms with Crippen LogP contribution in [0.25, 0.3) is 0 Å². The van der Waals surface area contributed by atoms with Gasteiger partial charge in [0.2, 0.25) is 11.5 Å². The molecule has 1 aromatic carbocycles. The normalized spacial score (nSPS) is 12.1. The smallest absolute Gasteiger partial charge is 0.277 e. The number of rotatable bonds is 3. The van der Waals surface area contributed by atoms with Gasteiger partial charge < -0.3 is 11.1 Å². The summed E-state index contributed by atoms with van der Waals surface area (Å²) in [6.07, 6.45) is 0. The monoisotopic (exact) mass is 266 g/mol. The van der Waals surface area contributed by atoms with Crippen molar-refractivity contribution in [3.05, 3.63) is 40.5 Å². The van der Waals surface area contributed by atoms with E-state index in [9.17, 15) is 4.79 Å². The Balaban J connectivity index is 2.10. The average Bonchev–Trinajstić information content (AvgIpc) is 2.75. The van der Waals surface area contributed by atoms with Crippen LogP contribution in [0.5, 0.6) is 0 Å². The highest BCUT2D eigenvalue weighted by molar-refractivity contribution is 6.30. The molecule has 18 heavy (non-hydrogen) atoms. The fourth-order valence-corrected chi connectivity index (χ4v) is 1.68. The molecule has 2 aromatic rings. The quantitative estimate of drug-likeness (QED) is 0.883. The van der Waals surface area contributed by atoms with Crippen LogP contribution in [0.3, 0.4) is 0 Å². The molecule has 0 aliphatic carbocycles. The van der Waals surface area contributed by atoms with E-state index in [0.29, 0.717) is 5.02 Å². The van der Waals surface area contributed by atoms with Crippen LogP contribution >= 0.6 is 11.6 Å². The number of aromatic nitrogens is 2. The Morgan fingerprint density at radius 3 is 2.89 bits per heavy atom. The first kappa shape index (κ1) is 12.4. The van der Waals surface area contributed by atoms with Gasteiger partial charge in [-0.15, -0.1) is 0 Å². The summed E-state index contributed by atoms with van der Waals surface area (Å²) in [7, 11) is 0. The fraction of sp³-hybridized carbons (Fsp3) is 0.182. The molecule has 1 atom stereocenters. The lowest BCUT2D eigenvalue weighted by Crippen LogP contribution is -2.27. The molecular weight excluding hydrogens is 256 g/mol. The number of benzene rings is 1. The zero-order valence-electron chi connectivity index (χ0n) is 9.55. The summed E-state index contributed by atoms with van der Waals surface area (Å²) >= 11 is 5.88. The molecule has 1 aromatic heterocycles. The van der Waals surface area contributed by atoms with Gasteiger partial charge in [0.15, 0.2) is 0 Å². The molecule has 6 nitrogen and oxygen atoms in total. The predicted octanol–water partition coefficient (Wildman–Crippen LogP) is 1.80. The third-order valence-electron chi connectivity index (χ3n) is 2.43. The van der Waals surface area contributed by atoms with E-state index in [1.54, 1.807) is 12.1 Å². The number of anilines is 1. The van der Waals surface area contributed by atoms with Crippen molar-refractivity contribution >= 4 is 23.3 Å². The molecule has 0 fully saturated rings. The molecule has 0 saturated carbocycles. The first-order valence-electron chi connectivity index (χ1n) is 5.22. The van der Waals surface area contributed by atoms with E-state index in [2.05, 4.69) is 20.3 Å². The van der Waals surface area contributed by atoms with Crippen molar-refractivity contribution in [2.24, 2.45) is 0 Å². The number of halogens is 1. The molecule has 94 valence electrons. The number of carbonyl (C=O) groups excluding carboxylic acids is 1. The predicted molar refractivity (Wildman–Crippen MR) is 66.0 cm³/mol. The lowest BCUT2D eigenvalue weighted by atomic mass is 10.1. The van der Waals surface area contributed by atoms with E-state index in [4.69, 9.17) is 17.3 Å². The third kappa shape index (κ3) is 2.60. The highest BCUT2D eigenvalue weighted by Gasteiger charge is 2.18. The van der Waals surface area contributed by atoms with Crippen LogP contribution in [0, 0.1) is 0 Å². The Kier molecular flexibility index (Phi) is 3.47. The van der Waals surface area contributed by atoms with Crippen LogP contribution in [0.1, 0.15) is 29.0 Å². The van der Waals surface area contributed by atoms with Crippen molar-refractivity contribution in [3.63, 3.8) is 0 Å². The number of amides is 1. The summed E-state index contributed by atoms with van der Waals surface area (Å²) in [4.78, 5) is 11.8. The molecule has 0 bridgehead atoms. The first-order chi connectivity index (χ1) is 8.58. The maximum atomic E-state index is 11.8. The van der Waals surface area contributed by atoms with Crippen LogP contribution < -0.4 is 11.1 Å². The molecule has 0 spiro atoms. The van der Waals surface area contributed by atoms with E-state index < -0.39 is 5.91 Å². The fourth-order valence-electron chi connectivity index (χ4n) is 1.48. The van der Waals surface area contributed by atoms with Gasteiger partial charge in [0.1, 0.15) is 0 Å². The number of nitrogens with two attached hydrogens (primary N) is 1. The van der Waals surface area contributed by atoms with Crippen molar-refractivity contribution in [2.75, 3.05) is 5.73 Å². The topological polar surface area (TPSA) is 94.0 Å². The summed E-state index contributed by atoms with van der Waals surface area (Å²) in [5, 5.41) is 10.1. The number of nitrogen functional groups attached to an aromatic ring is 1. The first-order valence-corrected chi connectivity index (χ1v) is 5.60. The van der Waals surface area contributed by atoms with Crippen molar-refractivity contribution in [2.45, 2.75) is 13.0 Å². The van der Waals surface area contributed by atoms with Crippen molar-refractivity contribution in [1.82, 2.24) is 15.6 Å². The largest absolute Gasteiger partial charge is 0.379 e. The molecule has 1 heterocycles. The number of nitrogens with one attached hydrogen (secondary N) is 1. The second kappa shape index (κ2) is 5.05. The van der Waals surface area contributed by atoms with E-state index in [-0.39, 0.29) is 17.6 Å². The average molecular weight is 267 g/mol. The van der Waals surface area contributed by atoms with Crippen LogP contribution in [0.4, 0.5) is 5.82 Å². The van der Waals surface area contributed by atoms with E-state index >= 15 is 0 Å². The molecule has 0 radical (unpaired) electrons. The maximum absolute atomic E-state index is 11.8. The van der Waals surface area contributed by atoms with Crippen LogP contribution in [-0.4, -0.2) is 16.2 Å². The summed E-state index contributed by atoms with van der Waals surface area (Å²) < 4.78 is 4.37. The van der Waals surface area contributed by atoms with Crippen LogP contribution in [0.15, 0.2) is 28.9 Å². The van der Waals surface area contributed by atoms with Gasteiger partial charge in [-0.2, -0.15) is 0 Å². The number of hydrogen-bond acceptors (Lipinski definition) is 5. The summed E-state index contributed by atoms with van der Waals surface area (Å²) in [5.41, 5.74) is 6.29. The Morgan fingerprint density at radius 2 is 2.28 bits per heavy atom. The van der Waals surface area contributed by atoms with Crippen molar-refractivity contribution in [3.8, 4) is 0 Å². The zero-order valence-corrected chi connectivity index (χ0v) is 10.3. The number of hydrogen-bond donors (Lipinski definition) is 2. The highest BCUT2D eigenvalue weighted by atomic mass is 35.5. The van der Waals surface area contributed by atoms with Gasteiger partial charge in [-0.1, -0.05) is 23.7 Å². The summed E-state index contributed by atoms with van der Waals surface area (Å²) in [6.45, 7) is 1.83. The molecule has 7 heteroatoms. The minimum absolute atomic E-state index is 0.0242. The number of nitrogens with zero attached hydrogens (tertiary/aromatic N) is 2. The van der Waals surface area contributed by atoms with Crippen LogP contribution in [0.2, 0.25) is 5.02 Å². The molecule has 0 saturated heterocycles. The number of carbonyl (C=O) groups is 1. The minimum atomic E-state index is -0.443. The second-order valence-electron chi connectivity index (χ2n) is 3.75. The van der Waals surface area contributed by atoms with E-state index in [1.165, 1.54) is 0 Å². The SMILES string of the molecule is CC(NC(=O)c1nonc1N)c1cccc(Cl)c1. The molecule has 0 aliphatic rings. The molecule has 3 N–H and O–H groups in total. The molecular formula is C11H11ClN4O2. The van der Waals surface area contributed by atoms with Gasteiger partial charge in [0.05, 0.1) is 6.04 Å². The van der Waals surface area contributed by atoms with E-state index in [0.717, 1.165) is 5.56 Å². The minimum Gasteiger partial charge on any atom is -0.379 e. The lowest BCUT2D eigenvalue weighted by molar-refractivity contribution is 0.0930. The maximum Gasteiger partial charge on any atom is 0.277 e. The summed E-state index contributed by atoms with van der Waals surface area (Å²) in [6, 6.07) is 6.98. The van der Waals surface area contributed by atoms with Gasteiger partial charge in [-0.3, -0.25) is 4.79 Å². The Bertz CT molecular complexity index is 570. The lowest BCUT2D eigenvalue weighted by Gasteiger charge is -2.13. The van der Waals surface area contributed by atoms with Gasteiger partial charge >= 0.3 is 0 Å². The van der Waals surface area contributed by atoms with Crippen molar-refractivity contribution in [1.29, 1.82) is 0 Å². The Morgan fingerprint density at radius 1 is 1.50 bits per heavy atom. The van der Waals surface area contributed by atoms with Gasteiger partial charge in [-0.25, -0.2) is 4.63 Å². The summed E-state index contributed by atoms with van der Waals surface area (Å²) in [5.74, 6) is -0.480. The molecule has 1 unspecified atom stereocenters. The third-order valence-corrected chi connectivity index (χ3v) is 2.66. The standard InChI is InChI=1S/C11H11ClN4O2/c1-6(7-3-2-4-8(12)5-7)14-11(17)9-10(13)16-18-15-9/h2-6H,1H3,(H2,13,16)(H,14,17). The van der Waals surface area contributed by atoms with Crippen molar-refractivity contribution < 1.29 is 9.42 Å². The molecule has 0 aliphatic heterocycles. The zero-order chi connectivity index (χ0) is 13.1. The Hall–Kier alpha value is -2.08. The second-order valence-corrected chi connectivity index (χ2v) is 4.18. The van der Waals surface area contributed by atoms with E-state index in [1.807, 2.05) is 19.1 Å². The van der Waals surface area contributed by atoms with Crippen LogP contribution in [-0.2, 0) is 0 Å². The molecule has 2 rings (SSSR count). The van der Waals surface area contributed by atoms with Gasteiger partial charge in [-0.05, 0) is 34.9 Å². The van der Waals surface area contributed by atoms with Gasteiger partial charge in [0, 0.05) is 5.02 Å². The molecule has 1 amide bonds. The Labute approximate surface area is 108 Å². The highest BCUT2D eigenvalue weighted by Crippen LogP contribution is 2.18.